The maximum Gasteiger partial charge on any atom is 0.144 e. The van der Waals surface area contributed by atoms with Gasteiger partial charge in [0.2, 0.25) is 0 Å². The molecule has 0 saturated heterocycles. The number of nitrogens with two attached hydrogens (primary N) is 1. The zero-order valence-electron chi connectivity index (χ0n) is 7.63. The van der Waals surface area contributed by atoms with Crippen LogP contribution in [0.1, 0.15) is 13.3 Å². The molecule has 0 aromatic carbocycles. The van der Waals surface area contributed by atoms with Crippen LogP contribution >= 0.6 is 11.6 Å². The van der Waals surface area contributed by atoms with E-state index in [-0.39, 0.29) is 0 Å². The first-order chi connectivity index (χ1) is 6.24. The Bertz CT molecular complexity index is 265. The first kappa shape index (κ1) is 10.3. The highest BCUT2D eigenvalue weighted by Crippen LogP contribution is 2.18. The molecule has 0 radical (unpaired) electrons. The van der Waals surface area contributed by atoms with Gasteiger partial charge in [0.25, 0.3) is 0 Å². The molecule has 0 spiro atoms. The molecule has 1 unspecified atom stereocenters. The third-order valence-corrected chi connectivity index (χ3v) is 2.05. The molecular weight excluding hydrogens is 186 g/mol. The summed E-state index contributed by atoms with van der Waals surface area (Å²) in [6.45, 7) is 2.72. The van der Waals surface area contributed by atoms with Crippen LogP contribution in [0.2, 0.25) is 5.02 Å². The summed E-state index contributed by atoms with van der Waals surface area (Å²) >= 11 is 5.91. The highest BCUT2D eigenvalue weighted by Gasteiger charge is 2.04. The average molecular weight is 200 g/mol. The number of anilines is 1. The van der Waals surface area contributed by atoms with Gasteiger partial charge in [-0.1, -0.05) is 11.6 Å². The molecule has 1 aromatic heterocycles. The molecule has 0 amide bonds. The van der Waals surface area contributed by atoms with Crippen LogP contribution in [0, 0.1) is 0 Å². The van der Waals surface area contributed by atoms with E-state index in [2.05, 4.69) is 17.2 Å². The summed E-state index contributed by atoms with van der Waals surface area (Å²) in [4.78, 5) is 4.12. The Morgan fingerprint density at radius 3 is 3.08 bits per heavy atom. The lowest BCUT2D eigenvalue weighted by atomic mass is 10.2. The number of rotatable bonds is 4. The van der Waals surface area contributed by atoms with Crippen LogP contribution in [0.15, 0.2) is 18.3 Å². The fraction of sp³-hybridized carbons (Fsp3) is 0.444. The standard InChI is InChI=1S/C9H14ClN3/c1-7(4-5-11)13-9-8(10)3-2-6-12-9/h2-3,6-7H,4-5,11H2,1H3,(H,12,13). The lowest BCUT2D eigenvalue weighted by molar-refractivity contribution is 0.713. The lowest BCUT2D eigenvalue weighted by Gasteiger charge is -2.13. The summed E-state index contributed by atoms with van der Waals surface area (Å²) in [6, 6.07) is 3.92. The van der Waals surface area contributed by atoms with E-state index >= 15 is 0 Å². The van der Waals surface area contributed by atoms with Gasteiger partial charge in [-0.05, 0) is 32.0 Å². The molecule has 3 nitrogen and oxygen atoms in total. The quantitative estimate of drug-likeness (QED) is 0.779. The highest BCUT2D eigenvalue weighted by molar-refractivity contribution is 6.32. The summed E-state index contributed by atoms with van der Waals surface area (Å²) < 4.78 is 0. The second-order valence-corrected chi connectivity index (χ2v) is 3.36. The maximum absolute atomic E-state index is 5.91. The SMILES string of the molecule is CC(CCN)Nc1ncccc1Cl. The lowest BCUT2D eigenvalue weighted by Crippen LogP contribution is -2.20. The molecule has 1 heterocycles. The Hall–Kier alpha value is -0.800. The van der Waals surface area contributed by atoms with Crippen molar-refractivity contribution in [1.82, 2.24) is 4.98 Å². The third-order valence-electron chi connectivity index (χ3n) is 1.74. The molecule has 4 heteroatoms. The van der Waals surface area contributed by atoms with E-state index in [1.165, 1.54) is 0 Å². The number of aromatic nitrogens is 1. The van der Waals surface area contributed by atoms with Crippen LogP contribution in [0.25, 0.3) is 0 Å². The average Bonchev–Trinajstić information content (AvgIpc) is 2.09. The van der Waals surface area contributed by atoms with Gasteiger partial charge in [-0.3, -0.25) is 0 Å². The van der Waals surface area contributed by atoms with Gasteiger partial charge in [0, 0.05) is 12.2 Å². The summed E-state index contributed by atoms with van der Waals surface area (Å²) in [5, 5.41) is 3.83. The Labute approximate surface area is 83.3 Å². The monoisotopic (exact) mass is 199 g/mol. The summed E-state index contributed by atoms with van der Waals surface area (Å²) in [7, 11) is 0. The summed E-state index contributed by atoms with van der Waals surface area (Å²) in [5.74, 6) is 0.727. The van der Waals surface area contributed by atoms with Gasteiger partial charge in [0.05, 0.1) is 5.02 Å². The van der Waals surface area contributed by atoms with E-state index in [0.717, 1.165) is 12.2 Å². The van der Waals surface area contributed by atoms with Crippen molar-refractivity contribution in [2.45, 2.75) is 19.4 Å². The number of hydrogen-bond acceptors (Lipinski definition) is 3. The van der Waals surface area contributed by atoms with Gasteiger partial charge in [-0.15, -0.1) is 0 Å². The van der Waals surface area contributed by atoms with Crippen molar-refractivity contribution in [3.05, 3.63) is 23.4 Å². The van der Waals surface area contributed by atoms with Crippen molar-refractivity contribution in [2.24, 2.45) is 5.73 Å². The second-order valence-electron chi connectivity index (χ2n) is 2.96. The molecule has 13 heavy (non-hydrogen) atoms. The molecule has 0 fully saturated rings. The third kappa shape index (κ3) is 3.20. The normalized spacial score (nSPS) is 12.5. The zero-order valence-corrected chi connectivity index (χ0v) is 8.38. The first-order valence-electron chi connectivity index (χ1n) is 4.31. The van der Waals surface area contributed by atoms with E-state index in [9.17, 15) is 0 Å². The largest absolute Gasteiger partial charge is 0.366 e. The predicted octanol–water partition coefficient (Wildman–Crippen LogP) is 1.88. The van der Waals surface area contributed by atoms with Crippen LogP contribution in [0.5, 0.6) is 0 Å². The molecule has 1 aromatic rings. The first-order valence-corrected chi connectivity index (χ1v) is 4.69. The molecule has 3 N–H and O–H groups in total. The van der Waals surface area contributed by atoms with Gasteiger partial charge in [-0.2, -0.15) is 0 Å². The zero-order chi connectivity index (χ0) is 9.68. The second kappa shape index (κ2) is 5.04. The molecule has 1 rings (SSSR count). The Balaban J connectivity index is 2.58. The molecule has 1 atom stereocenters. The van der Waals surface area contributed by atoms with Crippen molar-refractivity contribution in [3.63, 3.8) is 0 Å². The van der Waals surface area contributed by atoms with E-state index < -0.39 is 0 Å². The smallest absolute Gasteiger partial charge is 0.144 e. The Morgan fingerprint density at radius 2 is 2.46 bits per heavy atom. The van der Waals surface area contributed by atoms with E-state index in [0.29, 0.717) is 17.6 Å². The minimum Gasteiger partial charge on any atom is -0.366 e. The number of nitrogens with one attached hydrogen (secondary N) is 1. The predicted molar refractivity (Wildman–Crippen MR) is 56.0 cm³/mol. The summed E-state index contributed by atoms with van der Waals surface area (Å²) in [6.07, 6.45) is 2.62. The molecule has 0 bridgehead atoms. The fourth-order valence-corrected chi connectivity index (χ4v) is 1.22. The molecule has 0 aliphatic rings. The van der Waals surface area contributed by atoms with Crippen LogP contribution in [0.3, 0.4) is 0 Å². The molecular formula is C9H14ClN3. The van der Waals surface area contributed by atoms with Crippen molar-refractivity contribution < 1.29 is 0 Å². The van der Waals surface area contributed by atoms with Gasteiger partial charge in [0.1, 0.15) is 5.82 Å². The van der Waals surface area contributed by atoms with Gasteiger partial charge in [0.15, 0.2) is 0 Å². The topological polar surface area (TPSA) is 50.9 Å². The Morgan fingerprint density at radius 1 is 1.69 bits per heavy atom. The van der Waals surface area contributed by atoms with E-state index in [1.807, 2.05) is 6.07 Å². The highest BCUT2D eigenvalue weighted by atomic mass is 35.5. The number of nitrogens with zero attached hydrogens (tertiary/aromatic N) is 1. The van der Waals surface area contributed by atoms with Crippen LogP contribution in [-0.2, 0) is 0 Å². The molecule has 72 valence electrons. The molecule has 0 saturated carbocycles. The maximum atomic E-state index is 5.91. The van der Waals surface area contributed by atoms with E-state index in [4.69, 9.17) is 17.3 Å². The Kier molecular flexibility index (Phi) is 3.99. The van der Waals surface area contributed by atoms with Crippen molar-refractivity contribution in [3.8, 4) is 0 Å². The van der Waals surface area contributed by atoms with Crippen molar-refractivity contribution in [1.29, 1.82) is 0 Å². The fourth-order valence-electron chi connectivity index (χ4n) is 1.05. The van der Waals surface area contributed by atoms with Gasteiger partial charge < -0.3 is 11.1 Å². The van der Waals surface area contributed by atoms with Crippen molar-refractivity contribution in [2.75, 3.05) is 11.9 Å². The van der Waals surface area contributed by atoms with Gasteiger partial charge >= 0.3 is 0 Å². The molecule has 0 aliphatic heterocycles. The minimum absolute atomic E-state index is 0.303. The van der Waals surface area contributed by atoms with E-state index in [1.54, 1.807) is 12.3 Å². The number of pyridine rings is 1. The summed E-state index contributed by atoms with van der Waals surface area (Å²) in [5.41, 5.74) is 5.43. The molecule has 0 aliphatic carbocycles. The number of hydrogen-bond donors (Lipinski definition) is 2. The van der Waals surface area contributed by atoms with Crippen molar-refractivity contribution >= 4 is 17.4 Å². The number of halogens is 1. The van der Waals surface area contributed by atoms with Gasteiger partial charge in [-0.25, -0.2) is 4.98 Å². The minimum atomic E-state index is 0.303. The van der Waals surface area contributed by atoms with Crippen LogP contribution in [-0.4, -0.2) is 17.6 Å². The van der Waals surface area contributed by atoms with Crippen LogP contribution in [0.4, 0.5) is 5.82 Å². The van der Waals surface area contributed by atoms with Crippen LogP contribution < -0.4 is 11.1 Å².